The maximum Gasteiger partial charge on any atom is 0.122 e. The largest absolute Gasteiger partial charge is 0.371 e. The number of hydrogen-bond acceptors (Lipinski definition) is 4. The van der Waals surface area contributed by atoms with Crippen molar-refractivity contribution in [2.45, 2.75) is 46.3 Å². The normalized spacial score (nSPS) is 15.1. The summed E-state index contributed by atoms with van der Waals surface area (Å²) in [7, 11) is 1.98. The minimum absolute atomic E-state index is 0.159. The molecule has 1 heterocycles. The van der Waals surface area contributed by atoms with Gasteiger partial charge in [0.05, 0.1) is 5.69 Å². The van der Waals surface area contributed by atoms with E-state index in [0.29, 0.717) is 6.04 Å². The molecule has 1 aromatic heterocycles. The maximum atomic E-state index is 5.69. The molecule has 2 atom stereocenters. The molecule has 0 aliphatic heterocycles. The predicted octanol–water partition coefficient (Wildman–Crippen LogP) is 3.22. The highest BCUT2D eigenvalue weighted by Crippen LogP contribution is 2.31. The number of rotatable bonds is 6. The molecule has 0 aliphatic carbocycles. The Morgan fingerprint density at radius 3 is 2.62 bits per heavy atom. The molecule has 0 radical (unpaired) electrons. The second kappa shape index (κ2) is 6.33. The highest BCUT2D eigenvalue weighted by atomic mass is 32.1. The third-order valence-electron chi connectivity index (χ3n) is 2.69. The van der Waals surface area contributed by atoms with E-state index in [2.05, 4.69) is 31.1 Å². The van der Waals surface area contributed by atoms with Gasteiger partial charge in [0.1, 0.15) is 11.1 Å². The third-order valence-corrected chi connectivity index (χ3v) is 4.12. The molecule has 0 aliphatic rings. The summed E-state index contributed by atoms with van der Waals surface area (Å²) in [5.41, 5.74) is 1.13. The molecule has 0 aromatic carbocycles. The van der Waals surface area contributed by atoms with E-state index < -0.39 is 0 Å². The number of aryl methyl sites for hydroxylation is 1. The SMILES string of the molecule is CCOC(CC)c1nc(C)c(C(C)NC)s1. The molecule has 3 nitrogen and oxygen atoms in total. The predicted molar refractivity (Wildman–Crippen MR) is 69.0 cm³/mol. The third kappa shape index (κ3) is 3.03. The Bertz CT molecular complexity index is 325. The molecule has 1 rings (SSSR count). The molecule has 16 heavy (non-hydrogen) atoms. The maximum absolute atomic E-state index is 5.69. The van der Waals surface area contributed by atoms with E-state index in [4.69, 9.17) is 4.74 Å². The molecule has 92 valence electrons. The zero-order valence-corrected chi connectivity index (χ0v) is 11.6. The number of nitrogens with one attached hydrogen (secondary N) is 1. The Morgan fingerprint density at radius 2 is 2.12 bits per heavy atom. The summed E-state index contributed by atoms with van der Waals surface area (Å²) >= 11 is 1.77. The average Bonchev–Trinajstić information content (AvgIpc) is 2.67. The van der Waals surface area contributed by atoms with Crippen LogP contribution in [0.4, 0.5) is 0 Å². The van der Waals surface area contributed by atoms with Crippen LogP contribution in [0.3, 0.4) is 0 Å². The smallest absolute Gasteiger partial charge is 0.122 e. The van der Waals surface area contributed by atoms with Gasteiger partial charge in [-0.2, -0.15) is 0 Å². The van der Waals surface area contributed by atoms with Crippen molar-refractivity contribution in [3.05, 3.63) is 15.6 Å². The first-order valence-electron chi connectivity index (χ1n) is 5.90. The number of hydrogen-bond donors (Lipinski definition) is 1. The standard InChI is InChI=1S/C12H22N2OS/c1-6-10(15-7-2)12-14-9(4)11(16-12)8(3)13-5/h8,10,13H,6-7H2,1-5H3. The van der Waals surface area contributed by atoms with Gasteiger partial charge >= 0.3 is 0 Å². The van der Waals surface area contributed by atoms with Crippen LogP contribution < -0.4 is 5.32 Å². The second-order valence-corrected chi connectivity index (χ2v) is 4.93. The Balaban J connectivity index is 2.89. The molecule has 1 aromatic rings. The molecular weight excluding hydrogens is 220 g/mol. The van der Waals surface area contributed by atoms with Crippen molar-refractivity contribution in [2.75, 3.05) is 13.7 Å². The lowest BCUT2D eigenvalue weighted by atomic mass is 10.2. The summed E-state index contributed by atoms with van der Waals surface area (Å²) in [4.78, 5) is 5.94. The fraction of sp³-hybridized carbons (Fsp3) is 0.750. The van der Waals surface area contributed by atoms with Crippen molar-refractivity contribution >= 4 is 11.3 Å². The molecule has 2 unspecified atom stereocenters. The van der Waals surface area contributed by atoms with Crippen LogP contribution in [-0.4, -0.2) is 18.6 Å². The first kappa shape index (κ1) is 13.6. The Morgan fingerprint density at radius 1 is 1.44 bits per heavy atom. The number of aromatic nitrogens is 1. The molecule has 0 saturated heterocycles. The van der Waals surface area contributed by atoms with E-state index in [0.717, 1.165) is 23.7 Å². The number of ether oxygens (including phenoxy) is 1. The number of nitrogens with zero attached hydrogens (tertiary/aromatic N) is 1. The first-order valence-corrected chi connectivity index (χ1v) is 6.71. The summed E-state index contributed by atoms with van der Waals surface area (Å²) in [6.07, 6.45) is 1.14. The molecule has 0 saturated carbocycles. The summed E-state index contributed by atoms with van der Waals surface area (Å²) < 4.78 is 5.69. The minimum atomic E-state index is 0.159. The van der Waals surface area contributed by atoms with Crippen LogP contribution in [0.5, 0.6) is 0 Å². The lowest BCUT2D eigenvalue weighted by molar-refractivity contribution is 0.0596. The summed E-state index contributed by atoms with van der Waals surface area (Å²) in [6.45, 7) is 9.14. The van der Waals surface area contributed by atoms with Crippen LogP contribution in [0.1, 0.15) is 54.9 Å². The van der Waals surface area contributed by atoms with Crippen LogP contribution >= 0.6 is 11.3 Å². The Kier molecular flexibility index (Phi) is 5.38. The molecule has 0 fully saturated rings. The lowest BCUT2D eigenvalue weighted by Crippen LogP contribution is -2.11. The van der Waals surface area contributed by atoms with Crippen LogP contribution in [0.15, 0.2) is 0 Å². The molecule has 4 heteroatoms. The van der Waals surface area contributed by atoms with Crippen molar-refractivity contribution in [3.63, 3.8) is 0 Å². The van der Waals surface area contributed by atoms with Crippen molar-refractivity contribution in [1.82, 2.24) is 10.3 Å². The fourth-order valence-electron chi connectivity index (χ4n) is 1.67. The van der Waals surface area contributed by atoms with Gasteiger partial charge in [-0.15, -0.1) is 11.3 Å². The zero-order valence-electron chi connectivity index (χ0n) is 10.8. The summed E-state index contributed by atoms with van der Waals surface area (Å²) in [5.74, 6) is 0. The van der Waals surface area contributed by atoms with Gasteiger partial charge in [-0.3, -0.25) is 0 Å². The van der Waals surface area contributed by atoms with Crippen molar-refractivity contribution in [3.8, 4) is 0 Å². The highest BCUT2D eigenvalue weighted by Gasteiger charge is 2.18. The monoisotopic (exact) mass is 242 g/mol. The Labute approximate surface area is 102 Å². The van der Waals surface area contributed by atoms with Gasteiger partial charge in [-0.05, 0) is 34.2 Å². The van der Waals surface area contributed by atoms with Crippen molar-refractivity contribution < 1.29 is 4.74 Å². The van der Waals surface area contributed by atoms with Gasteiger partial charge in [0.2, 0.25) is 0 Å². The molecule has 0 spiro atoms. The zero-order chi connectivity index (χ0) is 12.1. The molecule has 1 N–H and O–H groups in total. The van der Waals surface area contributed by atoms with Crippen molar-refractivity contribution in [2.24, 2.45) is 0 Å². The minimum Gasteiger partial charge on any atom is -0.371 e. The van der Waals surface area contributed by atoms with E-state index >= 15 is 0 Å². The number of thiazole rings is 1. The molecule has 0 bridgehead atoms. The first-order chi connectivity index (χ1) is 7.63. The average molecular weight is 242 g/mol. The lowest BCUT2D eigenvalue weighted by Gasteiger charge is -2.11. The fourth-order valence-corrected chi connectivity index (χ4v) is 2.93. The molecular formula is C12H22N2OS. The van der Waals surface area contributed by atoms with Crippen LogP contribution in [0, 0.1) is 6.92 Å². The van der Waals surface area contributed by atoms with E-state index in [9.17, 15) is 0 Å². The van der Waals surface area contributed by atoms with E-state index in [1.54, 1.807) is 11.3 Å². The summed E-state index contributed by atoms with van der Waals surface area (Å²) in [5, 5.41) is 4.36. The van der Waals surface area contributed by atoms with E-state index in [-0.39, 0.29) is 6.10 Å². The van der Waals surface area contributed by atoms with Crippen molar-refractivity contribution in [1.29, 1.82) is 0 Å². The Hall–Kier alpha value is -0.450. The van der Waals surface area contributed by atoms with Crippen LogP contribution in [-0.2, 0) is 4.74 Å². The van der Waals surface area contributed by atoms with Gasteiger partial charge in [-0.25, -0.2) is 4.98 Å². The van der Waals surface area contributed by atoms with Gasteiger partial charge in [0.25, 0.3) is 0 Å². The van der Waals surface area contributed by atoms with E-state index in [1.165, 1.54) is 4.88 Å². The van der Waals surface area contributed by atoms with Crippen LogP contribution in [0.25, 0.3) is 0 Å². The van der Waals surface area contributed by atoms with Gasteiger partial charge in [0, 0.05) is 17.5 Å². The quantitative estimate of drug-likeness (QED) is 0.831. The highest BCUT2D eigenvalue weighted by molar-refractivity contribution is 7.11. The molecule has 0 amide bonds. The van der Waals surface area contributed by atoms with Gasteiger partial charge in [-0.1, -0.05) is 6.92 Å². The second-order valence-electron chi connectivity index (χ2n) is 3.86. The topological polar surface area (TPSA) is 34.1 Å². The van der Waals surface area contributed by atoms with Gasteiger partial charge < -0.3 is 10.1 Å². The van der Waals surface area contributed by atoms with E-state index in [1.807, 2.05) is 14.0 Å². The summed E-state index contributed by atoms with van der Waals surface area (Å²) in [6, 6.07) is 0.366. The van der Waals surface area contributed by atoms with Crippen LogP contribution in [0.2, 0.25) is 0 Å². The van der Waals surface area contributed by atoms with Gasteiger partial charge in [0.15, 0.2) is 0 Å².